The molecular formula is C19H22N2O3S. The number of hydrogen-bond donors (Lipinski definition) is 1. The van der Waals surface area contributed by atoms with Gasteiger partial charge in [-0.2, -0.15) is 13.1 Å². The first-order valence-corrected chi connectivity index (χ1v) is 9.54. The zero-order valence-electron chi connectivity index (χ0n) is 14.8. The molecular weight excluding hydrogens is 336 g/mol. The average Bonchev–Trinajstić information content (AvgIpc) is 2.75. The molecule has 1 saturated heterocycles. The van der Waals surface area contributed by atoms with E-state index >= 15 is 0 Å². The van der Waals surface area contributed by atoms with Gasteiger partial charge in [0.1, 0.15) is 0 Å². The number of carbonyl (C=O) groups is 1. The van der Waals surface area contributed by atoms with Gasteiger partial charge >= 0.3 is 10.2 Å². The van der Waals surface area contributed by atoms with E-state index in [1.165, 1.54) is 0 Å². The van der Waals surface area contributed by atoms with Crippen molar-refractivity contribution in [1.29, 1.82) is 0 Å². The van der Waals surface area contributed by atoms with Gasteiger partial charge in [0.05, 0.1) is 5.54 Å². The summed E-state index contributed by atoms with van der Waals surface area (Å²) in [4.78, 5) is 13.5. The van der Waals surface area contributed by atoms with Crippen molar-refractivity contribution in [2.75, 3.05) is 0 Å². The molecule has 0 spiro atoms. The predicted octanol–water partition coefficient (Wildman–Crippen LogP) is 2.71. The second-order valence-corrected chi connectivity index (χ2v) is 8.85. The van der Waals surface area contributed by atoms with E-state index in [9.17, 15) is 13.2 Å². The molecule has 1 aliphatic heterocycles. The fourth-order valence-corrected chi connectivity index (χ4v) is 5.11. The largest absolute Gasteiger partial charge is 0.305 e. The van der Waals surface area contributed by atoms with E-state index < -0.39 is 27.2 Å². The van der Waals surface area contributed by atoms with Gasteiger partial charge in [-0.25, -0.2) is 4.31 Å². The van der Waals surface area contributed by atoms with Crippen LogP contribution in [-0.4, -0.2) is 24.2 Å². The highest BCUT2D eigenvalue weighted by Gasteiger charge is 2.59. The minimum atomic E-state index is -3.97. The molecule has 2 aromatic rings. The molecule has 3 rings (SSSR count). The van der Waals surface area contributed by atoms with Gasteiger partial charge in [-0.3, -0.25) is 4.79 Å². The van der Waals surface area contributed by atoms with Gasteiger partial charge in [0.2, 0.25) is 0 Å². The van der Waals surface area contributed by atoms with Crippen LogP contribution in [-0.2, 0) is 20.5 Å². The lowest BCUT2D eigenvalue weighted by molar-refractivity contribution is -0.132. The van der Waals surface area contributed by atoms with Crippen LogP contribution in [0.1, 0.15) is 37.5 Å². The highest BCUT2D eigenvalue weighted by molar-refractivity contribution is 7.88. The monoisotopic (exact) mass is 358 g/mol. The van der Waals surface area contributed by atoms with Gasteiger partial charge in [0.15, 0.2) is 5.54 Å². The summed E-state index contributed by atoms with van der Waals surface area (Å²) in [6.07, 6.45) is 0. The Morgan fingerprint density at radius 1 is 0.920 bits per heavy atom. The van der Waals surface area contributed by atoms with E-state index in [0.29, 0.717) is 11.1 Å². The maximum atomic E-state index is 13.5. The second-order valence-electron chi connectivity index (χ2n) is 7.33. The molecule has 1 unspecified atom stereocenters. The number of nitrogens with zero attached hydrogens (tertiary/aromatic N) is 1. The van der Waals surface area contributed by atoms with Gasteiger partial charge in [-0.05, 0) is 38.8 Å². The van der Waals surface area contributed by atoms with Crippen molar-refractivity contribution < 1.29 is 13.2 Å². The Hall–Kier alpha value is -2.18. The number of hydrogen-bond acceptors (Lipinski definition) is 3. The highest BCUT2D eigenvalue weighted by Crippen LogP contribution is 2.40. The van der Waals surface area contributed by atoms with E-state index in [1.54, 1.807) is 57.2 Å². The third kappa shape index (κ3) is 2.75. The Morgan fingerprint density at radius 2 is 1.44 bits per heavy atom. The molecule has 0 bridgehead atoms. The topological polar surface area (TPSA) is 66.5 Å². The van der Waals surface area contributed by atoms with Crippen molar-refractivity contribution in [2.45, 2.75) is 38.8 Å². The summed E-state index contributed by atoms with van der Waals surface area (Å²) in [5.74, 6) is -0.491. The Morgan fingerprint density at radius 3 is 1.92 bits per heavy atom. The molecule has 0 aliphatic carbocycles. The molecule has 1 heterocycles. The number of rotatable bonds is 2. The first-order valence-electron chi connectivity index (χ1n) is 8.10. The SMILES string of the molecule is Cc1ccc(C2(c3ccccc3)NS(=O)(=O)N(C(C)(C)C)C2=O)cc1. The third-order valence-electron chi connectivity index (χ3n) is 4.33. The normalized spacial score (nSPS) is 23.0. The molecule has 0 saturated carbocycles. The summed E-state index contributed by atoms with van der Waals surface area (Å²) in [6, 6.07) is 16.3. The summed E-state index contributed by atoms with van der Waals surface area (Å²) in [7, 11) is -3.97. The van der Waals surface area contributed by atoms with Crippen LogP contribution in [0.4, 0.5) is 0 Å². The third-order valence-corrected chi connectivity index (χ3v) is 6.09. The van der Waals surface area contributed by atoms with E-state index in [4.69, 9.17) is 0 Å². The van der Waals surface area contributed by atoms with Crippen LogP contribution < -0.4 is 4.72 Å². The molecule has 1 aliphatic rings. The van der Waals surface area contributed by atoms with Crippen LogP contribution in [0, 0.1) is 6.92 Å². The first-order chi connectivity index (χ1) is 11.6. The number of nitrogens with one attached hydrogen (secondary N) is 1. The van der Waals surface area contributed by atoms with E-state index in [1.807, 2.05) is 25.1 Å². The van der Waals surface area contributed by atoms with Crippen molar-refractivity contribution in [2.24, 2.45) is 0 Å². The lowest BCUT2D eigenvalue weighted by Gasteiger charge is -2.31. The second kappa shape index (κ2) is 5.68. The minimum absolute atomic E-state index is 0.491. The van der Waals surface area contributed by atoms with Crippen LogP contribution >= 0.6 is 0 Å². The Bertz CT molecular complexity index is 900. The fourth-order valence-electron chi connectivity index (χ4n) is 3.23. The molecule has 6 heteroatoms. The van der Waals surface area contributed by atoms with Crippen molar-refractivity contribution >= 4 is 16.1 Å². The quantitative estimate of drug-likeness (QED) is 0.898. The number of amides is 1. The molecule has 25 heavy (non-hydrogen) atoms. The first kappa shape index (κ1) is 17.6. The smallest absolute Gasteiger partial charge is 0.271 e. The van der Waals surface area contributed by atoms with Crippen LogP contribution in [0.2, 0.25) is 0 Å². The zero-order valence-corrected chi connectivity index (χ0v) is 15.6. The molecule has 2 aromatic carbocycles. The van der Waals surface area contributed by atoms with Gasteiger partial charge in [0.25, 0.3) is 5.91 Å². The minimum Gasteiger partial charge on any atom is -0.271 e. The molecule has 132 valence electrons. The number of aryl methyl sites for hydroxylation is 1. The van der Waals surface area contributed by atoms with Crippen molar-refractivity contribution in [3.63, 3.8) is 0 Å². The molecule has 1 N–H and O–H groups in total. The Balaban J connectivity index is 2.31. The molecule has 0 radical (unpaired) electrons. The summed E-state index contributed by atoms with van der Waals surface area (Å²) in [5, 5.41) is 0. The van der Waals surface area contributed by atoms with E-state index in [-0.39, 0.29) is 0 Å². The fraction of sp³-hybridized carbons (Fsp3) is 0.316. The standard InChI is InChI=1S/C19H22N2O3S/c1-14-10-12-16(13-11-14)19(15-8-6-5-7-9-15)17(22)21(18(2,3)4)25(23,24)20-19/h5-13,20H,1-4H3. The van der Waals surface area contributed by atoms with Gasteiger partial charge in [-0.1, -0.05) is 60.2 Å². The Labute approximate surface area is 148 Å². The van der Waals surface area contributed by atoms with Crippen LogP contribution in [0.5, 0.6) is 0 Å². The molecule has 0 aromatic heterocycles. The van der Waals surface area contributed by atoms with Crippen LogP contribution in [0.3, 0.4) is 0 Å². The van der Waals surface area contributed by atoms with Crippen molar-refractivity contribution in [3.05, 3.63) is 71.3 Å². The molecule has 5 nitrogen and oxygen atoms in total. The number of benzene rings is 2. The van der Waals surface area contributed by atoms with Crippen LogP contribution in [0.15, 0.2) is 54.6 Å². The van der Waals surface area contributed by atoms with Gasteiger partial charge in [0, 0.05) is 0 Å². The summed E-state index contributed by atoms with van der Waals surface area (Å²) >= 11 is 0. The van der Waals surface area contributed by atoms with Crippen molar-refractivity contribution in [3.8, 4) is 0 Å². The lowest BCUT2D eigenvalue weighted by atomic mass is 9.82. The van der Waals surface area contributed by atoms with Gasteiger partial charge in [-0.15, -0.1) is 0 Å². The number of carbonyl (C=O) groups excluding carboxylic acids is 1. The van der Waals surface area contributed by atoms with E-state index in [0.717, 1.165) is 9.87 Å². The van der Waals surface area contributed by atoms with Gasteiger partial charge < -0.3 is 0 Å². The highest BCUT2D eigenvalue weighted by atomic mass is 32.2. The van der Waals surface area contributed by atoms with E-state index in [2.05, 4.69) is 4.72 Å². The van der Waals surface area contributed by atoms with Crippen molar-refractivity contribution in [1.82, 2.24) is 9.03 Å². The maximum Gasteiger partial charge on any atom is 0.305 e. The maximum absolute atomic E-state index is 13.5. The average molecular weight is 358 g/mol. The predicted molar refractivity (Wildman–Crippen MR) is 97.1 cm³/mol. The molecule has 1 fully saturated rings. The summed E-state index contributed by atoms with van der Waals surface area (Å²) < 4.78 is 29.3. The zero-order chi connectivity index (χ0) is 18.5. The summed E-state index contributed by atoms with van der Waals surface area (Å²) in [6.45, 7) is 7.07. The molecule has 1 amide bonds. The molecule has 1 atom stereocenters. The summed E-state index contributed by atoms with van der Waals surface area (Å²) in [5.41, 5.74) is -0.0951. The Kier molecular flexibility index (Phi) is 4.00. The van der Waals surface area contributed by atoms with Crippen LogP contribution in [0.25, 0.3) is 0 Å². The lowest BCUT2D eigenvalue weighted by Crippen LogP contribution is -2.48.